The molecule has 3 atom stereocenters. The summed E-state index contributed by atoms with van der Waals surface area (Å²) in [7, 11) is 0. The Kier molecular flexibility index (Phi) is 16.3. The van der Waals surface area contributed by atoms with Gasteiger partial charge in [-0.1, -0.05) is 58.0 Å². The van der Waals surface area contributed by atoms with E-state index < -0.39 is 24.1 Å². The Bertz CT molecular complexity index is 1110. The summed E-state index contributed by atoms with van der Waals surface area (Å²) < 4.78 is 6.42. The fourth-order valence-corrected chi connectivity index (χ4v) is 5.35. The molecular weight excluding hydrogens is 658 g/mol. The van der Waals surface area contributed by atoms with Crippen LogP contribution < -0.4 is 16.0 Å². The summed E-state index contributed by atoms with van der Waals surface area (Å²) in [5, 5.41) is 18.5. The van der Waals surface area contributed by atoms with E-state index in [1.54, 1.807) is 12.1 Å². The van der Waals surface area contributed by atoms with Gasteiger partial charge in [0.25, 0.3) is 0 Å². The van der Waals surface area contributed by atoms with Gasteiger partial charge in [0.15, 0.2) is 0 Å². The first-order valence-electron chi connectivity index (χ1n) is 13.4. The molecule has 11 heteroatoms. The van der Waals surface area contributed by atoms with Gasteiger partial charge in [0, 0.05) is 6.04 Å². The zero-order chi connectivity index (χ0) is 31.1. The molecule has 9 nitrogen and oxygen atoms in total. The maximum Gasteiger partial charge on any atom is 0.408 e. The number of alkyl carbamates (subject to hydrolysis) is 1. The van der Waals surface area contributed by atoms with Crippen LogP contribution in [0.25, 0.3) is 0 Å². The standard InChI is InChI=1S/C29H39Br2N3O5.CH2O/c1-17(2)11-24(27(36)32-19(5)13-21-14-22(30)26(35)23(31)15-21)33-28(37)25(12-18(3)4)34-29(38)39-16-20-9-7-6-8-10-20;1-2/h6-10,14-15,17-19,24-25,35H,11-13,16H2,1-5H3,(H,32,36)(H,33,37)(H,34,38);1H2/t19-,24+,25+;/m1./s1. The van der Waals surface area contributed by atoms with E-state index >= 15 is 0 Å². The van der Waals surface area contributed by atoms with Gasteiger partial charge in [0.2, 0.25) is 11.8 Å². The van der Waals surface area contributed by atoms with Crippen molar-refractivity contribution < 1.29 is 29.0 Å². The predicted molar refractivity (Wildman–Crippen MR) is 166 cm³/mol. The van der Waals surface area contributed by atoms with Crippen LogP contribution >= 0.6 is 31.9 Å². The number of hydrogen-bond donors (Lipinski definition) is 4. The number of rotatable bonds is 13. The van der Waals surface area contributed by atoms with Crippen LogP contribution in [-0.2, 0) is 32.1 Å². The SMILES string of the molecule is C=O.CC(C)C[C@H](NC(=O)OCc1ccccc1)C(=O)N[C@@H](CC(C)C)C(=O)N[C@H](C)Cc1cc(Br)c(O)c(Br)c1. The fourth-order valence-electron chi connectivity index (χ4n) is 4.07. The van der Waals surface area contributed by atoms with Crippen LogP contribution in [-0.4, -0.2) is 47.9 Å². The van der Waals surface area contributed by atoms with Crippen LogP contribution in [0.2, 0.25) is 0 Å². The van der Waals surface area contributed by atoms with Crippen molar-refractivity contribution in [3.05, 3.63) is 62.5 Å². The number of phenolic OH excluding ortho intramolecular Hbond substituents is 1. The maximum atomic E-state index is 13.3. The fraction of sp³-hybridized carbons (Fsp3) is 0.467. The van der Waals surface area contributed by atoms with Gasteiger partial charge < -0.3 is 30.6 Å². The number of nitrogens with one attached hydrogen (secondary N) is 3. The minimum atomic E-state index is -0.847. The third kappa shape index (κ3) is 13.5. The topological polar surface area (TPSA) is 134 Å². The van der Waals surface area contributed by atoms with Crippen LogP contribution in [0.5, 0.6) is 5.75 Å². The minimum Gasteiger partial charge on any atom is -0.506 e. The molecule has 0 aromatic heterocycles. The van der Waals surface area contributed by atoms with Crippen LogP contribution in [0.15, 0.2) is 51.4 Å². The monoisotopic (exact) mass is 697 g/mol. The Morgan fingerprint density at radius 3 is 1.80 bits per heavy atom. The molecular formula is C30H41Br2N3O6. The Hall–Kier alpha value is -2.92. The molecule has 0 spiro atoms. The second kappa shape index (κ2) is 18.5. The summed E-state index contributed by atoms with van der Waals surface area (Å²) in [4.78, 5) is 47.0. The highest BCUT2D eigenvalue weighted by molar-refractivity contribution is 9.11. The molecule has 226 valence electrons. The second-order valence-corrected chi connectivity index (χ2v) is 12.3. The van der Waals surface area contributed by atoms with Gasteiger partial charge >= 0.3 is 6.09 Å². The molecule has 0 heterocycles. The lowest BCUT2D eigenvalue weighted by molar-refractivity contribution is -0.130. The molecule has 41 heavy (non-hydrogen) atoms. The summed E-state index contributed by atoms with van der Waals surface area (Å²) in [6, 6.07) is 11.0. The highest BCUT2D eigenvalue weighted by atomic mass is 79.9. The highest BCUT2D eigenvalue weighted by Crippen LogP contribution is 2.33. The number of amides is 3. The Morgan fingerprint density at radius 1 is 0.805 bits per heavy atom. The first kappa shape index (κ1) is 36.1. The lowest BCUT2D eigenvalue weighted by atomic mass is 9.99. The molecule has 0 aliphatic rings. The van der Waals surface area contributed by atoms with Crippen LogP contribution in [0.1, 0.15) is 58.6 Å². The van der Waals surface area contributed by atoms with Crippen molar-refractivity contribution in [2.45, 2.75) is 78.6 Å². The van der Waals surface area contributed by atoms with E-state index in [0.29, 0.717) is 28.2 Å². The van der Waals surface area contributed by atoms with E-state index in [9.17, 15) is 19.5 Å². The van der Waals surface area contributed by atoms with Crippen molar-refractivity contribution in [2.75, 3.05) is 0 Å². The average molecular weight is 699 g/mol. The van der Waals surface area contributed by atoms with Gasteiger partial charge in [-0.2, -0.15) is 0 Å². The van der Waals surface area contributed by atoms with Gasteiger partial charge in [-0.15, -0.1) is 0 Å². The lowest BCUT2D eigenvalue weighted by Gasteiger charge is -2.26. The number of benzene rings is 2. The van der Waals surface area contributed by atoms with Crippen LogP contribution in [0, 0.1) is 11.8 Å². The first-order valence-corrected chi connectivity index (χ1v) is 15.0. The quantitative estimate of drug-likeness (QED) is 0.214. The summed E-state index contributed by atoms with van der Waals surface area (Å²) in [6.07, 6.45) is 0.664. The summed E-state index contributed by atoms with van der Waals surface area (Å²) >= 11 is 6.66. The summed E-state index contributed by atoms with van der Waals surface area (Å²) in [5.41, 5.74) is 1.76. The number of hydrogen-bond acceptors (Lipinski definition) is 6. The van der Waals surface area contributed by atoms with E-state index in [4.69, 9.17) is 9.53 Å². The molecule has 0 unspecified atom stereocenters. The van der Waals surface area contributed by atoms with E-state index in [-0.39, 0.29) is 36.1 Å². The van der Waals surface area contributed by atoms with E-state index in [1.165, 1.54) is 0 Å². The van der Waals surface area contributed by atoms with Crippen LogP contribution in [0.4, 0.5) is 4.79 Å². The van der Waals surface area contributed by atoms with E-state index in [1.807, 2.05) is 71.7 Å². The van der Waals surface area contributed by atoms with Gasteiger partial charge in [-0.25, -0.2) is 4.79 Å². The summed E-state index contributed by atoms with van der Waals surface area (Å²) in [6.45, 7) is 11.8. The smallest absolute Gasteiger partial charge is 0.408 e. The molecule has 0 bridgehead atoms. The molecule has 4 N–H and O–H groups in total. The van der Waals surface area contributed by atoms with Gasteiger partial charge in [-0.3, -0.25) is 9.59 Å². The molecule has 2 aromatic carbocycles. The van der Waals surface area contributed by atoms with Crippen molar-refractivity contribution in [2.24, 2.45) is 11.8 Å². The molecule has 0 saturated heterocycles. The number of halogens is 2. The third-order valence-corrected chi connectivity index (χ3v) is 7.08. The van der Waals surface area contributed by atoms with Crippen molar-refractivity contribution in [1.82, 2.24) is 16.0 Å². The average Bonchev–Trinajstić information content (AvgIpc) is 2.90. The Morgan fingerprint density at radius 2 is 1.29 bits per heavy atom. The van der Waals surface area contributed by atoms with Gasteiger partial charge in [0.1, 0.15) is 31.2 Å². The van der Waals surface area contributed by atoms with Gasteiger partial charge in [-0.05, 0) is 93.1 Å². The maximum absolute atomic E-state index is 13.3. The number of aromatic hydroxyl groups is 1. The number of carbonyl (C=O) groups excluding carboxylic acids is 4. The zero-order valence-corrected chi connectivity index (χ0v) is 27.4. The molecule has 0 fully saturated rings. The van der Waals surface area contributed by atoms with E-state index in [2.05, 4.69) is 47.8 Å². The normalized spacial score (nSPS) is 12.9. The lowest BCUT2D eigenvalue weighted by Crippen LogP contribution is -2.55. The Balaban J connectivity index is 0.00000411. The number of ether oxygens (including phenoxy) is 1. The summed E-state index contributed by atoms with van der Waals surface area (Å²) in [5.74, 6) is -0.343. The third-order valence-electron chi connectivity index (χ3n) is 5.88. The van der Waals surface area contributed by atoms with E-state index in [0.717, 1.165) is 11.1 Å². The highest BCUT2D eigenvalue weighted by Gasteiger charge is 2.29. The minimum absolute atomic E-state index is 0.0904. The number of phenols is 1. The molecule has 2 aromatic rings. The molecule has 2 rings (SSSR count). The molecule has 0 radical (unpaired) electrons. The molecule has 0 aliphatic carbocycles. The largest absolute Gasteiger partial charge is 0.506 e. The van der Waals surface area contributed by atoms with Crippen molar-refractivity contribution >= 4 is 56.6 Å². The van der Waals surface area contributed by atoms with Crippen molar-refractivity contribution in [3.8, 4) is 5.75 Å². The second-order valence-electron chi connectivity index (χ2n) is 10.6. The molecule has 0 saturated carbocycles. The zero-order valence-electron chi connectivity index (χ0n) is 24.2. The van der Waals surface area contributed by atoms with Crippen LogP contribution in [0.3, 0.4) is 0 Å². The molecule has 3 amide bonds. The van der Waals surface area contributed by atoms with Crippen molar-refractivity contribution in [1.29, 1.82) is 0 Å². The Labute approximate surface area is 259 Å². The first-order chi connectivity index (χ1) is 19.3. The number of carbonyl (C=O) groups is 4. The van der Waals surface area contributed by atoms with Gasteiger partial charge in [0.05, 0.1) is 8.95 Å². The molecule has 0 aliphatic heterocycles. The van der Waals surface area contributed by atoms with Crippen molar-refractivity contribution in [3.63, 3.8) is 0 Å². The predicted octanol–water partition coefficient (Wildman–Crippen LogP) is 5.65.